The van der Waals surface area contributed by atoms with Crippen molar-refractivity contribution in [1.29, 1.82) is 0 Å². The van der Waals surface area contributed by atoms with Crippen LogP contribution in [0.1, 0.15) is 40.0 Å². The molecule has 1 saturated carbocycles. The molecule has 2 fully saturated rings. The minimum Gasteiger partial charge on any atom is -0.480 e. The summed E-state index contributed by atoms with van der Waals surface area (Å²) >= 11 is 1.56. The lowest BCUT2D eigenvalue weighted by Gasteiger charge is -2.41. The maximum atomic E-state index is 12.4. The molecule has 2 atom stereocenters. The molecule has 0 aromatic heterocycles. The number of amides is 2. The number of rotatable bonds is 3. The highest BCUT2D eigenvalue weighted by Crippen LogP contribution is 2.36. The van der Waals surface area contributed by atoms with Gasteiger partial charge in [0, 0.05) is 11.3 Å². The lowest BCUT2D eigenvalue weighted by Crippen LogP contribution is -2.59. The van der Waals surface area contributed by atoms with Gasteiger partial charge in [-0.15, -0.1) is 11.8 Å². The molecule has 6 heteroatoms. The van der Waals surface area contributed by atoms with Gasteiger partial charge in [-0.2, -0.15) is 0 Å². The summed E-state index contributed by atoms with van der Waals surface area (Å²) < 4.78 is 0. The Hall–Kier alpha value is -0.910. The van der Waals surface area contributed by atoms with Crippen LogP contribution >= 0.6 is 11.8 Å². The van der Waals surface area contributed by atoms with Crippen molar-refractivity contribution in [3.05, 3.63) is 0 Å². The average molecular weight is 286 g/mol. The summed E-state index contributed by atoms with van der Waals surface area (Å²) in [6, 6.07) is -0.931. The predicted octanol–water partition coefficient (Wildman–Crippen LogP) is 2.12. The molecule has 1 saturated heterocycles. The topological polar surface area (TPSA) is 69.6 Å². The normalized spacial score (nSPS) is 29.2. The van der Waals surface area contributed by atoms with Crippen LogP contribution in [-0.2, 0) is 4.79 Å². The number of carbonyl (C=O) groups is 2. The molecule has 1 heterocycles. The Morgan fingerprint density at radius 1 is 1.42 bits per heavy atom. The number of carboxylic acid groups (broad SMARTS) is 1. The van der Waals surface area contributed by atoms with E-state index in [1.807, 2.05) is 20.8 Å². The van der Waals surface area contributed by atoms with E-state index in [4.69, 9.17) is 0 Å². The number of nitrogens with one attached hydrogen (secondary N) is 1. The summed E-state index contributed by atoms with van der Waals surface area (Å²) in [6.45, 7) is 6.07. The number of nitrogens with zero attached hydrogens (tertiary/aromatic N) is 1. The van der Waals surface area contributed by atoms with Crippen molar-refractivity contribution in [3.8, 4) is 0 Å². The van der Waals surface area contributed by atoms with Crippen LogP contribution in [-0.4, -0.2) is 44.7 Å². The van der Waals surface area contributed by atoms with Crippen LogP contribution in [0.2, 0.25) is 0 Å². The van der Waals surface area contributed by atoms with E-state index in [9.17, 15) is 14.7 Å². The Bertz CT molecular complexity index is 382. The molecule has 0 aromatic rings. The SMILES string of the molecule is CC(C)C1SCC(C(=O)O)N1C(=O)NC1(C)CCC1. The number of hydrogen-bond donors (Lipinski definition) is 2. The van der Waals surface area contributed by atoms with Gasteiger partial charge in [-0.25, -0.2) is 9.59 Å². The Morgan fingerprint density at radius 3 is 2.47 bits per heavy atom. The van der Waals surface area contributed by atoms with Crippen molar-refractivity contribution in [2.24, 2.45) is 5.92 Å². The van der Waals surface area contributed by atoms with E-state index in [0.29, 0.717) is 5.75 Å². The maximum Gasteiger partial charge on any atom is 0.327 e. The highest BCUT2D eigenvalue weighted by atomic mass is 32.2. The van der Waals surface area contributed by atoms with E-state index in [-0.39, 0.29) is 22.9 Å². The Labute approximate surface area is 118 Å². The zero-order valence-electron chi connectivity index (χ0n) is 11.7. The largest absolute Gasteiger partial charge is 0.480 e. The first kappa shape index (κ1) is 14.5. The second kappa shape index (κ2) is 5.23. The van der Waals surface area contributed by atoms with E-state index < -0.39 is 12.0 Å². The summed E-state index contributed by atoms with van der Waals surface area (Å²) in [5.74, 6) is -0.193. The van der Waals surface area contributed by atoms with Crippen molar-refractivity contribution < 1.29 is 14.7 Å². The molecule has 0 bridgehead atoms. The van der Waals surface area contributed by atoms with E-state index in [2.05, 4.69) is 5.32 Å². The predicted molar refractivity (Wildman–Crippen MR) is 75.1 cm³/mol. The lowest BCUT2D eigenvalue weighted by atomic mass is 9.79. The molecule has 0 aromatic carbocycles. The molecular weight excluding hydrogens is 264 g/mol. The van der Waals surface area contributed by atoms with Crippen LogP contribution in [0.25, 0.3) is 0 Å². The Morgan fingerprint density at radius 2 is 2.05 bits per heavy atom. The maximum absolute atomic E-state index is 12.4. The number of thioether (sulfide) groups is 1. The molecule has 0 spiro atoms. The van der Waals surface area contributed by atoms with Gasteiger partial charge in [0.2, 0.25) is 0 Å². The van der Waals surface area contributed by atoms with Gasteiger partial charge in [-0.05, 0) is 32.1 Å². The highest BCUT2D eigenvalue weighted by molar-refractivity contribution is 8.00. The molecule has 2 aliphatic rings. The minimum atomic E-state index is -0.912. The van der Waals surface area contributed by atoms with Gasteiger partial charge in [0.05, 0.1) is 5.37 Å². The van der Waals surface area contributed by atoms with Gasteiger partial charge in [-0.1, -0.05) is 13.8 Å². The molecule has 2 amide bonds. The third-order valence-electron chi connectivity index (χ3n) is 3.99. The minimum absolute atomic E-state index is 0.0511. The average Bonchev–Trinajstić information content (AvgIpc) is 2.71. The van der Waals surface area contributed by atoms with Crippen molar-refractivity contribution in [2.45, 2.75) is 57.0 Å². The van der Waals surface area contributed by atoms with Crippen molar-refractivity contribution >= 4 is 23.8 Å². The third kappa shape index (κ3) is 2.83. The molecule has 2 unspecified atom stereocenters. The number of aliphatic carboxylic acids is 1. The quantitative estimate of drug-likeness (QED) is 0.834. The second-order valence-corrected chi connectivity index (χ2v) is 7.22. The van der Waals surface area contributed by atoms with Crippen molar-refractivity contribution in [1.82, 2.24) is 10.2 Å². The van der Waals surface area contributed by atoms with Gasteiger partial charge in [0.1, 0.15) is 6.04 Å². The number of hydrogen-bond acceptors (Lipinski definition) is 3. The fraction of sp³-hybridized carbons (Fsp3) is 0.846. The van der Waals surface area contributed by atoms with E-state index in [1.165, 1.54) is 4.90 Å². The standard InChI is InChI=1S/C13H22N2O3S/c1-8(2)10-15(9(7-19-10)11(16)17)12(18)14-13(3)5-4-6-13/h8-10H,4-7H2,1-3H3,(H,14,18)(H,16,17). The molecular formula is C13H22N2O3S. The smallest absolute Gasteiger partial charge is 0.327 e. The fourth-order valence-corrected chi connectivity index (χ4v) is 4.11. The molecule has 2 rings (SSSR count). The van der Waals surface area contributed by atoms with E-state index in [1.54, 1.807) is 11.8 Å². The molecule has 5 nitrogen and oxygen atoms in total. The zero-order valence-corrected chi connectivity index (χ0v) is 12.5. The molecule has 2 N–H and O–H groups in total. The van der Waals surface area contributed by atoms with Gasteiger partial charge in [-0.3, -0.25) is 4.90 Å². The van der Waals surface area contributed by atoms with Crippen molar-refractivity contribution in [2.75, 3.05) is 5.75 Å². The van der Waals surface area contributed by atoms with E-state index >= 15 is 0 Å². The van der Waals surface area contributed by atoms with Crippen LogP contribution in [0.15, 0.2) is 0 Å². The summed E-state index contributed by atoms with van der Waals surface area (Å²) in [4.78, 5) is 25.2. The van der Waals surface area contributed by atoms with Gasteiger partial charge in [0.25, 0.3) is 0 Å². The molecule has 0 radical (unpaired) electrons. The first-order chi connectivity index (χ1) is 8.84. The van der Waals surface area contributed by atoms with Gasteiger partial charge < -0.3 is 10.4 Å². The molecule has 19 heavy (non-hydrogen) atoms. The zero-order chi connectivity index (χ0) is 14.2. The van der Waals surface area contributed by atoms with Crippen molar-refractivity contribution in [3.63, 3.8) is 0 Å². The number of urea groups is 1. The third-order valence-corrected chi connectivity index (χ3v) is 5.61. The summed E-state index contributed by atoms with van der Waals surface area (Å²) in [5.41, 5.74) is -0.144. The van der Waals surface area contributed by atoms with Crippen LogP contribution in [0, 0.1) is 5.92 Å². The fourth-order valence-electron chi connectivity index (χ4n) is 2.64. The Kier molecular flexibility index (Phi) is 3.99. The van der Waals surface area contributed by atoms with E-state index in [0.717, 1.165) is 19.3 Å². The summed E-state index contributed by atoms with van der Waals surface area (Å²) in [5, 5.41) is 12.2. The van der Waals surface area contributed by atoms with Crippen LogP contribution in [0.5, 0.6) is 0 Å². The molecule has 108 valence electrons. The second-order valence-electron chi connectivity index (χ2n) is 6.07. The van der Waals surface area contributed by atoms with Gasteiger partial charge in [0.15, 0.2) is 0 Å². The van der Waals surface area contributed by atoms with Crippen LogP contribution in [0.4, 0.5) is 4.79 Å². The number of carboxylic acids is 1. The first-order valence-electron chi connectivity index (χ1n) is 6.79. The molecule has 1 aliphatic carbocycles. The summed E-state index contributed by atoms with van der Waals surface area (Å²) in [7, 11) is 0. The highest BCUT2D eigenvalue weighted by Gasteiger charge is 2.45. The molecule has 1 aliphatic heterocycles. The first-order valence-corrected chi connectivity index (χ1v) is 7.84. The summed E-state index contributed by atoms with van der Waals surface area (Å²) in [6.07, 6.45) is 3.08. The van der Waals surface area contributed by atoms with Crippen LogP contribution < -0.4 is 5.32 Å². The lowest BCUT2D eigenvalue weighted by molar-refractivity contribution is -0.141. The monoisotopic (exact) mass is 286 g/mol. The Balaban J connectivity index is 2.11. The van der Waals surface area contributed by atoms with Gasteiger partial charge >= 0.3 is 12.0 Å². The number of carbonyl (C=O) groups excluding carboxylic acids is 1. The van der Waals surface area contributed by atoms with Crippen LogP contribution in [0.3, 0.4) is 0 Å².